The summed E-state index contributed by atoms with van der Waals surface area (Å²) in [6, 6.07) is 5.04. The van der Waals surface area contributed by atoms with Crippen molar-refractivity contribution in [1.29, 1.82) is 0 Å². The Morgan fingerprint density at radius 3 is 2.28 bits per heavy atom. The molecule has 196 valence electrons. The molecule has 1 saturated carbocycles. The van der Waals surface area contributed by atoms with Crippen LogP contribution < -0.4 is 21.3 Å². The van der Waals surface area contributed by atoms with Gasteiger partial charge in [0.1, 0.15) is 0 Å². The first-order chi connectivity index (χ1) is 17.1. The molecule has 0 radical (unpaired) electrons. The second-order valence-corrected chi connectivity index (χ2v) is 10.3. The normalized spacial score (nSPS) is 17.4. The van der Waals surface area contributed by atoms with E-state index in [9.17, 15) is 14.4 Å². The second kappa shape index (κ2) is 12.6. The number of nitrogens with one attached hydrogen (secondary N) is 4. The number of urea groups is 1. The van der Waals surface area contributed by atoms with Crippen LogP contribution in [0.2, 0.25) is 0 Å². The molecule has 1 aromatic carbocycles. The third-order valence-corrected chi connectivity index (χ3v) is 6.81. The molecule has 11 heteroatoms. The van der Waals surface area contributed by atoms with Gasteiger partial charge in [-0.15, -0.1) is 11.3 Å². The van der Waals surface area contributed by atoms with Crippen molar-refractivity contribution in [3.05, 3.63) is 29.4 Å². The van der Waals surface area contributed by atoms with Crippen LogP contribution in [-0.2, 0) is 9.47 Å². The van der Waals surface area contributed by atoms with Crippen LogP contribution in [0.15, 0.2) is 24.4 Å². The highest BCUT2D eigenvalue weighted by atomic mass is 32.1. The highest BCUT2D eigenvalue weighted by molar-refractivity contribution is 7.15. The van der Waals surface area contributed by atoms with Gasteiger partial charge in [0.2, 0.25) is 0 Å². The van der Waals surface area contributed by atoms with Crippen LogP contribution in [0, 0.1) is 0 Å². The van der Waals surface area contributed by atoms with E-state index in [4.69, 9.17) is 9.47 Å². The van der Waals surface area contributed by atoms with Crippen molar-refractivity contribution in [3.63, 3.8) is 0 Å². The predicted octanol–water partition coefficient (Wildman–Crippen LogP) is 5.68. The molecule has 0 bridgehead atoms. The molecule has 3 rings (SSSR count). The van der Waals surface area contributed by atoms with Crippen LogP contribution >= 0.6 is 11.3 Å². The highest BCUT2D eigenvalue weighted by Crippen LogP contribution is 2.40. The number of hydrogen-bond acceptors (Lipinski definition) is 7. The van der Waals surface area contributed by atoms with Crippen molar-refractivity contribution < 1.29 is 23.9 Å². The molecule has 4 N–H and O–H groups in total. The van der Waals surface area contributed by atoms with E-state index in [0.29, 0.717) is 17.3 Å². The minimum atomic E-state index is -0.564. The molecule has 1 aliphatic carbocycles. The van der Waals surface area contributed by atoms with Crippen LogP contribution in [0.5, 0.6) is 0 Å². The number of amides is 4. The first-order valence-corrected chi connectivity index (χ1v) is 13.0. The Balaban J connectivity index is 1.70. The number of thiazole rings is 1. The number of ether oxygens (including phenoxy) is 2. The van der Waals surface area contributed by atoms with Gasteiger partial charge in [0.05, 0.1) is 27.8 Å². The lowest BCUT2D eigenvalue weighted by molar-refractivity contribution is 0.109. The van der Waals surface area contributed by atoms with Crippen molar-refractivity contribution in [2.45, 2.75) is 77.5 Å². The molecule has 36 heavy (non-hydrogen) atoms. The Hall–Kier alpha value is -3.34. The summed E-state index contributed by atoms with van der Waals surface area (Å²) in [6.45, 7) is 7.20. The molecule has 1 aromatic heterocycles. The Labute approximate surface area is 215 Å². The Morgan fingerprint density at radius 1 is 0.972 bits per heavy atom. The van der Waals surface area contributed by atoms with Gasteiger partial charge in [-0.2, -0.15) is 0 Å². The van der Waals surface area contributed by atoms with Gasteiger partial charge in [0.25, 0.3) is 0 Å². The average molecular weight is 518 g/mol. The lowest BCUT2D eigenvalue weighted by atomic mass is 9.86. The summed E-state index contributed by atoms with van der Waals surface area (Å²) in [5, 5.41) is 12.0. The van der Waals surface area contributed by atoms with Gasteiger partial charge in [-0.3, -0.25) is 5.32 Å². The van der Waals surface area contributed by atoms with Crippen LogP contribution in [-0.4, -0.2) is 48.5 Å². The number of nitrogens with zero attached hydrogens (tertiary/aromatic N) is 1. The molecule has 0 saturated heterocycles. The molecule has 1 heterocycles. The summed E-state index contributed by atoms with van der Waals surface area (Å²) in [6.07, 6.45) is 4.07. The summed E-state index contributed by atoms with van der Waals surface area (Å²) < 4.78 is 10.3. The molecule has 0 spiro atoms. The van der Waals surface area contributed by atoms with E-state index in [1.165, 1.54) is 7.05 Å². The smallest absolute Gasteiger partial charge is 0.411 e. The molecule has 2 aromatic rings. The van der Waals surface area contributed by atoms with E-state index in [-0.39, 0.29) is 30.4 Å². The number of anilines is 2. The molecule has 10 nitrogen and oxygen atoms in total. The van der Waals surface area contributed by atoms with E-state index >= 15 is 0 Å². The number of hydrogen-bond donors (Lipinski definition) is 4. The van der Waals surface area contributed by atoms with Gasteiger partial charge in [-0.25, -0.2) is 19.4 Å². The lowest BCUT2D eigenvalue weighted by Gasteiger charge is -2.28. The van der Waals surface area contributed by atoms with Crippen molar-refractivity contribution >= 4 is 40.9 Å². The fourth-order valence-corrected chi connectivity index (χ4v) is 5.11. The van der Waals surface area contributed by atoms with Gasteiger partial charge in [-0.1, -0.05) is 0 Å². The SMILES string of the molecule is CNC(=O)Nc1cc(NC(=O)OC(C)C)ccc1-c1cnc(C2CCC(NC(=O)OC(C)C)CC2)s1. The summed E-state index contributed by atoms with van der Waals surface area (Å²) in [5.41, 5.74) is 1.85. The Morgan fingerprint density at radius 2 is 1.64 bits per heavy atom. The van der Waals surface area contributed by atoms with Crippen molar-refractivity contribution in [2.24, 2.45) is 0 Å². The van der Waals surface area contributed by atoms with E-state index in [1.54, 1.807) is 37.3 Å². The predicted molar refractivity (Wildman–Crippen MR) is 141 cm³/mol. The van der Waals surface area contributed by atoms with Crippen molar-refractivity contribution in [3.8, 4) is 10.4 Å². The zero-order chi connectivity index (χ0) is 26.2. The molecule has 0 unspecified atom stereocenters. The summed E-state index contributed by atoms with van der Waals surface area (Å²) in [5.74, 6) is 0.310. The zero-order valence-electron chi connectivity index (χ0n) is 21.3. The molecular formula is C25H35N5O5S. The average Bonchev–Trinajstić information content (AvgIpc) is 3.28. The van der Waals surface area contributed by atoms with E-state index in [0.717, 1.165) is 41.1 Å². The number of benzene rings is 1. The first-order valence-electron chi connectivity index (χ1n) is 12.2. The third kappa shape index (κ3) is 7.84. The largest absolute Gasteiger partial charge is 0.447 e. The minimum absolute atomic E-state index is 0.109. The fraction of sp³-hybridized carbons (Fsp3) is 0.520. The summed E-state index contributed by atoms with van der Waals surface area (Å²) >= 11 is 1.59. The second-order valence-electron chi connectivity index (χ2n) is 9.25. The standard InChI is InChI=1S/C25H35N5O5S/c1-14(2)34-24(32)28-17-8-6-16(7-9-17)22-27-13-21(36-22)19-11-10-18(29-25(33)35-15(3)4)12-20(19)30-23(31)26-5/h10-17H,6-9H2,1-5H3,(H,28,32)(H,29,33)(H2,26,30,31). The Bertz CT molecular complexity index is 1060. The van der Waals surface area contributed by atoms with Gasteiger partial charge >= 0.3 is 18.2 Å². The topological polar surface area (TPSA) is 131 Å². The number of rotatable bonds is 7. The van der Waals surface area contributed by atoms with Gasteiger partial charge in [0, 0.05) is 36.5 Å². The highest BCUT2D eigenvalue weighted by Gasteiger charge is 2.26. The maximum Gasteiger partial charge on any atom is 0.411 e. The number of aromatic nitrogens is 1. The van der Waals surface area contributed by atoms with Crippen LogP contribution in [0.3, 0.4) is 0 Å². The molecule has 1 aliphatic rings. The summed E-state index contributed by atoms with van der Waals surface area (Å²) in [7, 11) is 1.54. The Kier molecular flexibility index (Phi) is 9.51. The quantitative estimate of drug-likeness (QED) is 0.374. The number of alkyl carbamates (subject to hydrolysis) is 1. The van der Waals surface area contributed by atoms with Gasteiger partial charge in [-0.05, 0) is 71.6 Å². The fourth-order valence-electron chi connectivity index (χ4n) is 3.99. The molecule has 1 fully saturated rings. The number of carbonyl (C=O) groups excluding carboxylic acids is 3. The lowest BCUT2D eigenvalue weighted by Crippen LogP contribution is -2.38. The van der Waals surface area contributed by atoms with Crippen molar-refractivity contribution in [1.82, 2.24) is 15.6 Å². The van der Waals surface area contributed by atoms with E-state index in [1.807, 2.05) is 26.1 Å². The van der Waals surface area contributed by atoms with Crippen molar-refractivity contribution in [2.75, 3.05) is 17.7 Å². The maximum absolute atomic E-state index is 12.1. The van der Waals surface area contributed by atoms with Gasteiger partial charge in [0.15, 0.2) is 0 Å². The maximum atomic E-state index is 12.1. The van der Waals surface area contributed by atoms with Crippen LogP contribution in [0.25, 0.3) is 10.4 Å². The van der Waals surface area contributed by atoms with Crippen LogP contribution in [0.4, 0.5) is 25.8 Å². The van der Waals surface area contributed by atoms with Gasteiger partial charge < -0.3 is 25.4 Å². The van der Waals surface area contributed by atoms with E-state index in [2.05, 4.69) is 26.3 Å². The minimum Gasteiger partial charge on any atom is -0.447 e. The molecular weight excluding hydrogens is 482 g/mol. The third-order valence-electron chi connectivity index (χ3n) is 5.61. The monoisotopic (exact) mass is 517 g/mol. The molecule has 4 amide bonds. The zero-order valence-corrected chi connectivity index (χ0v) is 22.2. The first kappa shape index (κ1) is 27.3. The molecule has 0 atom stereocenters. The number of carbonyl (C=O) groups is 3. The molecule has 0 aliphatic heterocycles. The van der Waals surface area contributed by atoms with Crippen LogP contribution in [0.1, 0.15) is 64.3 Å². The summed E-state index contributed by atoms with van der Waals surface area (Å²) in [4.78, 5) is 41.6. The van der Waals surface area contributed by atoms with E-state index < -0.39 is 6.09 Å².